The van der Waals surface area contributed by atoms with E-state index in [1.54, 1.807) is 13.8 Å². The number of carbonyl (C=O) groups excluding carboxylic acids is 1. The van der Waals surface area contributed by atoms with Crippen molar-refractivity contribution in [2.75, 3.05) is 13.2 Å². The first-order chi connectivity index (χ1) is 5.18. The molecule has 0 aromatic carbocycles. The molecular formula is C7H13NO3. The van der Waals surface area contributed by atoms with Gasteiger partial charge in [-0.2, -0.15) is 4.91 Å². The molecular weight excluding hydrogens is 146 g/mol. The Hall–Kier alpha value is -0.930. The topological polar surface area (TPSA) is 55.7 Å². The summed E-state index contributed by atoms with van der Waals surface area (Å²) in [4.78, 5) is 20.4. The Balaban J connectivity index is 3.24. The smallest absolute Gasteiger partial charge is 0.308 e. The Morgan fingerprint density at radius 3 is 2.64 bits per heavy atom. The molecule has 0 radical (unpaired) electrons. The Labute approximate surface area is 65.9 Å². The summed E-state index contributed by atoms with van der Waals surface area (Å²) in [6, 6.07) is 0. The van der Waals surface area contributed by atoms with E-state index in [4.69, 9.17) is 4.74 Å². The van der Waals surface area contributed by atoms with Gasteiger partial charge in [0.15, 0.2) is 0 Å². The molecule has 0 saturated heterocycles. The molecule has 11 heavy (non-hydrogen) atoms. The number of nitrogens with zero attached hydrogens (tertiary/aromatic N) is 1. The number of nitroso groups, excluding NO2 is 1. The van der Waals surface area contributed by atoms with Crippen LogP contribution in [0.1, 0.15) is 20.3 Å². The standard InChI is InChI=1S/C7H13NO3/c1-6(2)7(9)11-5-3-4-8-10/h6H,3-5H2,1-2H3. The molecule has 0 fully saturated rings. The molecule has 0 heterocycles. The lowest BCUT2D eigenvalue weighted by molar-refractivity contribution is -0.147. The largest absolute Gasteiger partial charge is 0.465 e. The number of carbonyl (C=O) groups is 1. The number of ether oxygens (including phenoxy) is 1. The van der Waals surface area contributed by atoms with Crippen LogP contribution < -0.4 is 0 Å². The van der Waals surface area contributed by atoms with Crippen LogP contribution in [0.3, 0.4) is 0 Å². The van der Waals surface area contributed by atoms with E-state index in [9.17, 15) is 9.70 Å². The van der Waals surface area contributed by atoms with Gasteiger partial charge in [0.2, 0.25) is 0 Å². The SMILES string of the molecule is CC(C)C(=O)OCCCN=O. The molecule has 0 bridgehead atoms. The molecule has 0 aromatic rings. The highest BCUT2D eigenvalue weighted by molar-refractivity contribution is 5.71. The third-order valence-electron chi connectivity index (χ3n) is 1.11. The van der Waals surface area contributed by atoms with Gasteiger partial charge < -0.3 is 4.74 Å². The molecule has 0 atom stereocenters. The summed E-state index contributed by atoms with van der Waals surface area (Å²) in [5.41, 5.74) is 0. The second kappa shape index (κ2) is 5.82. The van der Waals surface area contributed by atoms with Crippen LogP contribution in [0, 0.1) is 10.8 Å². The quantitative estimate of drug-likeness (QED) is 0.345. The zero-order valence-electron chi connectivity index (χ0n) is 6.87. The van der Waals surface area contributed by atoms with Crippen molar-refractivity contribution in [1.29, 1.82) is 0 Å². The first-order valence-electron chi connectivity index (χ1n) is 3.64. The number of hydrogen-bond acceptors (Lipinski definition) is 4. The molecule has 0 unspecified atom stereocenters. The maximum absolute atomic E-state index is 10.8. The average Bonchev–Trinajstić information content (AvgIpc) is 1.97. The lowest BCUT2D eigenvalue weighted by atomic mass is 10.2. The summed E-state index contributed by atoms with van der Waals surface area (Å²) < 4.78 is 4.77. The van der Waals surface area contributed by atoms with Gasteiger partial charge in [-0.25, -0.2) is 0 Å². The van der Waals surface area contributed by atoms with Gasteiger partial charge in [0.05, 0.1) is 19.1 Å². The summed E-state index contributed by atoms with van der Waals surface area (Å²) in [5, 5.41) is 2.64. The van der Waals surface area contributed by atoms with E-state index in [1.807, 2.05) is 0 Å². The van der Waals surface area contributed by atoms with Gasteiger partial charge in [-0.15, -0.1) is 0 Å². The van der Waals surface area contributed by atoms with Gasteiger partial charge in [-0.1, -0.05) is 19.0 Å². The van der Waals surface area contributed by atoms with Crippen molar-refractivity contribution < 1.29 is 9.53 Å². The fourth-order valence-corrected chi connectivity index (χ4v) is 0.469. The molecule has 0 aliphatic carbocycles. The van der Waals surface area contributed by atoms with Crippen molar-refractivity contribution in [1.82, 2.24) is 0 Å². The Morgan fingerprint density at radius 2 is 2.18 bits per heavy atom. The van der Waals surface area contributed by atoms with E-state index in [2.05, 4.69) is 5.18 Å². The zero-order valence-corrected chi connectivity index (χ0v) is 6.87. The van der Waals surface area contributed by atoms with Gasteiger partial charge in [0, 0.05) is 6.42 Å². The molecule has 0 saturated carbocycles. The molecule has 0 spiro atoms. The summed E-state index contributed by atoms with van der Waals surface area (Å²) in [6.45, 7) is 4.04. The Morgan fingerprint density at radius 1 is 1.55 bits per heavy atom. The van der Waals surface area contributed by atoms with Gasteiger partial charge in [-0.05, 0) is 0 Å². The van der Waals surface area contributed by atoms with Crippen LogP contribution in [0.15, 0.2) is 5.18 Å². The van der Waals surface area contributed by atoms with E-state index in [0.717, 1.165) is 0 Å². The molecule has 4 heteroatoms. The van der Waals surface area contributed by atoms with Crippen molar-refractivity contribution in [2.45, 2.75) is 20.3 Å². The predicted molar refractivity (Wildman–Crippen MR) is 41.1 cm³/mol. The van der Waals surface area contributed by atoms with Crippen molar-refractivity contribution >= 4 is 5.97 Å². The third-order valence-corrected chi connectivity index (χ3v) is 1.11. The Bertz CT molecular complexity index is 134. The predicted octanol–water partition coefficient (Wildman–Crippen LogP) is 1.34. The summed E-state index contributed by atoms with van der Waals surface area (Å²) in [5.74, 6) is -0.324. The van der Waals surface area contributed by atoms with Crippen molar-refractivity contribution in [3.63, 3.8) is 0 Å². The van der Waals surface area contributed by atoms with Crippen LogP contribution in [-0.2, 0) is 9.53 Å². The average molecular weight is 159 g/mol. The minimum atomic E-state index is -0.226. The van der Waals surface area contributed by atoms with Crippen LogP contribution >= 0.6 is 0 Å². The fourth-order valence-electron chi connectivity index (χ4n) is 0.469. The van der Waals surface area contributed by atoms with E-state index >= 15 is 0 Å². The molecule has 0 aromatic heterocycles. The monoisotopic (exact) mass is 159 g/mol. The fraction of sp³-hybridized carbons (Fsp3) is 0.857. The van der Waals surface area contributed by atoms with E-state index in [1.165, 1.54) is 0 Å². The molecule has 0 amide bonds. The number of hydrogen-bond donors (Lipinski definition) is 0. The molecule has 0 aliphatic heterocycles. The highest BCUT2D eigenvalue weighted by atomic mass is 16.5. The van der Waals surface area contributed by atoms with Gasteiger partial charge in [-0.3, -0.25) is 4.79 Å². The minimum Gasteiger partial charge on any atom is -0.465 e. The first kappa shape index (κ1) is 10.1. The summed E-state index contributed by atoms with van der Waals surface area (Å²) >= 11 is 0. The van der Waals surface area contributed by atoms with E-state index < -0.39 is 0 Å². The third kappa shape index (κ3) is 5.51. The summed E-state index contributed by atoms with van der Waals surface area (Å²) in [6.07, 6.45) is 0.516. The molecule has 4 nitrogen and oxygen atoms in total. The first-order valence-corrected chi connectivity index (χ1v) is 3.64. The lowest BCUT2D eigenvalue weighted by Gasteiger charge is -2.04. The van der Waals surface area contributed by atoms with Crippen LogP contribution in [0.25, 0.3) is 0 Å². The van der Waals surface area contributed by atoms with Crippen LogP contribution in [0.2, 0.25) is 0 Å². The van der Waals surface area contributed by atoms with E-state index in [0.29, 0.717) is 13.0 Å². The lowest BCUT2D eigenvalue weighted by Crippen LogP contribution is -2.12. The molecule has 64 valence electrons. The maximum atomic E-state index is 10.8. The number of esters is 1. The zero-order chi connectivity index (χ0) is 8.69. The van der Waals surface area contributed by atoms with Crippen LogP contribution in [0.5, 0.6) is 0 Å². The molecule has 0 aliphatic rings. The van der Waals surface area contributed by atoms with Crippen LogP contribution in [0.4, 0.5) is 0 Å². The highest BCUT2D eigenvalue weighted by Gasteiger charge is 2.06. The van der Waals surface area contributed by atoms with E-state index in [-0.39, 0.29) is 18.4 Å². The van der Waals surface area contributed by atoms with Crippen molar-refractivity contribution in [3.8, 4) is 0 Å². The van der Waals surface area contributed by atoms with Crippen molar-refractivity contribution in [2.24, 2.45) is 11.1 Å². The highest BCUT2D eigenvalue weighted by Crippen LogP contribution is 1.96. The van der Waals surface area contributed by atoms with Gasteiger partial charge >= 0.3 is 5.97 Å². The second-order valence-electron chi connectivity index (χ2n) is 2.53. The minimum absolute atomic E-state index is 0.0980. The van der Waals surface area contributed by atoms with Crippen molar-refractivity contribution in [3.05, 3.63) is 4.91 Å². The normalized spacial score (nSPS) is 9.73. The second-order valence-corrected chi connectivity index (χ2v) is 2.53. The van der Waals surface area contributed by atoms with Crippen LogP contribution in [-0.4, -0.2) is 19.1 Å². The molecule has 0 N–H and O–H groups in total. The Kier molecular flexibility index (Phi) is 5.33. The van der Waals surface area contributed by atoms with Gasteiger partial charge in [0.1, 0.15) is 0 Å². The maximum Gasteiger partial charge on any atom is 0.308 e. The molecule has 0 rings (SSSR count). The summed E-state index contributed by atoms with van der Waals surface area (Å²) in [7, 11) is 0. The van der Waals surface area contributed by atoms with Gasteiger partial charge in [0.25, 0.3) is 0 Å². The number of rotatable bonds is 5.